The number of rotatable bonds is 14. The number of likely N-dealkylation sites (N-methyl/N-ethyl adjacent to an activating group) is 1. The fourth-order valence-electron chi connectivity index (χ4n) is 3.71. The summed E-state index contributed by atoms with van der Waals surface area (Å²) >= 11 is 0. The highest BCUT2D eigenvalue weighted by Crippen LogP contribution is 2.37. The van der Waals surface area contributed by atoms with Crippen LogP contribution in [0.25, 0.3) is 11.1 Å². The van der Waals surface area contributed by atoms with E-state index in [1.165, 1.54) is 18.3 Å². The molecule has 0 spiro atoms. The largest absolute Gasteiger partial charge is 0.493 e. The van der Waals surface area contributed by atoms with Crippen LogP contribution in [0, 0.1) is 5.82 Å². The lowest BCUT2D eigenvalue weighted by Gasteiger charge is -2.16. The highest BCUT2D eigenvalue weighted by Gasteiger charge is 2.36. The van der Waals surface area contributed by atoms with Crippen LogP contribution >= 0.6 is 0 Å². The number of halogens is 4. The van der Waals surface area contributed by atoms with Gasteiger partial charge in [0.15, 0.2) is 0 Å². The molecule has 1 amide bonds. The van der Waals surface area contributed by atoms with Gasteiger partial charge in [-0.15, -0.1) is 0 Å². The third-order valence-corrected chi connectivity index (χ3v) is 5.82. The molecular weight excluding hydrogens is 544 g/mol. The van der Waals surface area contributed by atoms with Crippen molar-refractivity contribution >= 4 is 11.6 Å². The van der Waals surface area contributed by atoms with Gasteiger partial charge in [0.25, 0.3) is 0 Å². The number of pyridine rings is 2. The molecule has 0 fully saturated rings. The van der Waals surface area contributed by atoms with Gasteiger partial charge < -0.3 is 24.4 Å². The van der Waals surface area contributed by atoms with E-state index in [1.807, 2.05) is 6.92 Å². The Hall–Kier alpha value is -3.93. The third kappa shape index (κ3) is 9.31. The summed E-state index contributed by atoms with van der Waals surface area (Å²) in [6.07, 6.45) is -0.704. The maximum Gasteiger partial charge on any atom is 0.421 e. The summed E-state index contributed by atoms with van der Waals surface area (Å²) in [7, 11) is 3.52. The number of unbranched alkanes of at least 4 members (excludes halogenated alkanes) is 1. The van der Waals surface area contributed by atoms with Crippen molar-refractivity contribution in [1.29, 1.82) is 0 Å². The van der Waals surface area contributed by atoms with Crippen LogP contribution in [0.4, 0.5) is 23.2 Å². The van der Waals surface area contributed by atoms with Gasteiger partial charge in [0.1, 0.15) is 23.7 Å². The van der Waals surface area contributed by atoms with Gasteiger partial charge in [0, 0.05) is 24.4 Å². The van der Waals surface area contributed by atoms with E-state index in [2.05, 4.69) is 22.2 Å². The van der Waals surface area contributed by atoms with Crippen LogP contribution in [0.2, 0.25) is 0 Å². The van der Waals surface area contributed by atoms with Crippen molar-refractivity contribution < 1.29 is 36.6 Å². The van der Waals surface area contributed by atoms with Gasteiger partial charge in [0.2, 0.25) is 17.7 Å². The molecule has 222 valence electrons. The van der Waals surface area contributed by atoms with Gasteiger partial charge in [-0.3, -0.25) is 4.79 Å². The number of benzene rings is 1. The minimum absolute atomic E-state index is 0.00304. The van der Waals surface area contributed by atoms with Gasteiger partial charge in [-0.2, -0.15) is 13.2 Å². The van der Waals surface area contributed by atoms with Crippen molar-refractivity contribution in [1.82, 2.24) is 14.9 Å². The monoisotopic (exact) mass is 578 g/mol. The summed E-state index contributed by atoms with van der Waals surface area (Å²) < 4.78 is 72.3. The second-order valence-electron chi connectivity index (χ2n) is 9.41. The lowest BCUT2D eigenvalue weighted by molar-refractivity contribution is -0.139. The van der Waals surface area contributed by atoms with Crippen LogP contribution in [-0.2, 0) is 17.4 Å². The van der Waals surface area contributed by atoms with Crippen LogP contribution in [0.5, 0.6) is 17.5 Å². The van der Waals surface area contributed by atoms with E-state index in [-0.39, 0.29) is 17.9 Å². The lowest BCUT2D eigenvalue weighted by Crippen LogP contribution is -2.21. The van der Waals surface area contributed by atoms with E-state index >= 15 is 4.39 Å². The first-order valence-corrected chi connectivity index (χ1v) is 13.2. The number of aromatic nitrogens is 2. The molecule has 1 aromatic carbocycles. The van der Waals surface area contributed by atoms with Crippen LogP contribution < -0.4 is 19.5 Å². The summed E-state index contributed by atoms with van der Waals surface area (Å²) in [5.74, 6) is -1.09. The number of nitrogens with one attached hydrogen (secondary N) is 1. The highest BCUT2D eigenvalue weighted by molar-refractivity contribution is 5.92. The molecule has 41 heavy (non-hydrogen) atoms. The number of nitrogens with zero attached hydrogens (tertiary/aromatic N) is 3. The number of hydrogen-bond donors (Lipinski definition) is 1. The molecule has 2 aromatic heterocycles. The smallest absolute Gasteiger partial charge is 0.421 e. The zero-order valence-electron chi connectivity index (χ0n) is 23.5. The fourth-order valence-corrected chi connectivity index (χ4v) is 3.71. The number of carbonyl (C=O) groups excluding carboxylic acids is 1. The van der Waals surface area contributed by atoms with E-state index in [9.17, 15) is 18.0 Å². The molecule has 1 N–H and O–H groups in total. The first-order valence-electron chi connectivity index (χ1n) is 13.2. The van der Waals surface area contributed by atoms with E-state index in [1.54, 1.807) is 31.1 Å². The first-order chi connectivity index (χ1) is 19.5. The molecule has 0 saturated heterocycles. The topological polar surface area (TPSA) is 85.8 Å². The molecule has 8 nitrogen and oxygen atoms in total. The van der Waals surface area contributed by atoms with E-state index in [4.69, 9.17) is 14.2 Å². The number of amides is 1. The Kier molecular flexibility index (Phi) is 11.3. The van der Waals surface area contributed by atoms with Crippen molar-refractivity contribution in [3.63, 3.8) is 0 Å². The van der Waals surface area contributed by atoms with Gasteiger partial charge in [-0.1, -0.05) is 25.5 Å². The van der Waals surface area contributed by atoms with Gasteiger partial charge in [0.05, 0.1) is 31.5 Å². The maximum atomic E-state index is 15.0. The Morgan fingerprint density at radius 2 is 1.78 bits per heavy atom. The Balaban J connectivity index is 1.73. The number of hydrogen-bond acceptors (Lipinski definition) is 7. The highest BCUT2D eigenvalue weighted by atomic mass is 19.4. The molecule has 0 saturated carbocycles. The van der Waals surface area contributed by atoms with Crippen molar-refractivity contribution in [2.75, 3.05) is 45.8 Å². The molecular formula is C29H34F4N4O4. The third-order valence-electron chi connectivity index (χ3n) is 5.82. The fraction of sp³-hybridized carbons (Fsp3) is 0.414. The molecule has 0 unspecified atom stereocenters. The molecule has 3 rings (SSSR count). The van der Waals surface area contributed by atoms with Gasteiger partial charge in [-0.05, 0) is 50.7 Å². The Bertz CT molecular complexity index is 1320. The van der Waals surface area contributed by atoms with Crippen LogP contribution in [0.1, 0.15) is 37.8 Å². The average Bonchev–Trinajstić information content (AvgIpc) is 2.90. The summed E-state index contributed by atoms with van der Waals surface area (Å²) in [4.78, 5) is 22.4. The molecule has 0 atom stereocenters. The Morgan fingerprint density at radius 3 is 2.44 bits per heavy atom. The summed E-state index contributed by atoms with van der Waals surface area (Å²) in [6, 6.07) is 6.70. The molecule has 12 heteroatoms. The second-order valence-corrected chi connectivity index (χ2v) is 9.41. The number of carbonyl (C=O) groups is 1. The standard InChI is InChI=1S/C29H34F4N4O4/c1-5-7-11-40-27-16-25(39-6-2)22(18-34-27)19-8-9-20(24(30)13-19)14-26(38)36-21-15-23(29(31,32)33)28(35-17-21)41-12-10-37(3)4/h8-9,13,15-18H,5-7,10-12,14H2,1-4H3,(H,36,38). The molecule has 2 heterocycles. The van der Waals surface area contributed by atoms with Crippen molar-refractivity contribution in [2.24, 2.45) is 0 Å². The predicted octanol–water partition coefficient (Wildman–Crippen LogP) is 6.00. The van der Waals surface area contributed by atoms with Crippen molar-refractivity contribution in [3.05, 3.63) is 59.7 Å². The zero-order chi connectivity index (χ0) is 30.0. The first kappa shape index (κ1) is 31.6. The summed E-state index contributed by atoms with van der Waals surface area (Å²) in [6.45, 7) is 5.16. The Morgan fingerprint density at radius 1 is 1.00 bits per heavy atom. The van der Waals surface area contributed by atoms with Gasteiger partial charge >= 0.3 is 6.18 Å². The van der Waals surface area contributed by atoms with E-state index in [0.29, 0.717) is 42.5 Å². The Labute approximate surface area is 236 Å². The average molecular weight is 579 g/mol. The number of alkyl halides is 3. The normalized spacial score (nSPS) is 11.4. The molecule has 0 bridgehead atoms. The lowest BCUT2D eigenvalue weighted by atomic mass is 10.0. The van der Waals surface area contributed by atoms with E-state index < -0.39 is 35.8 Å². The van der Waals surface area contributed by atoms with Crippen molar-refractivity contribution in [3.8, 4) is 28.6 Å². The van der Waals surface area contributed by atoms with Crippen molar-refractivity contribution in [2.45, 2.75) is 39.3 Å². The molecule has 0 aliphatic rings. The number of ether oxygens (including phenoxy) is 3. The van der Waals surface area contributed by atoms with E-state index in [0.717, 1.165) is 25.1 Å². The van der Waals surface area contributed by atoms with Crippen LogP contribution in [-0.4, -0.2) is 61.2 Å². The minimum atomic E-state index is -4.75. The second kappa shape index (κ2) is 14.6. The SMILES string of the molecule is CCCCOc1cc(OCC)c(-c2ccc(CC(=O)Nc3cnc(OCCN(C)C)c(C(F)(F)F)c3)c(F)c2)cn1. The minimum Gasteiger partial charge on any atom is -0.493 e. The quantitative estimate of drug-likeness (QED) is 0.186. The van der Waals surface area contributed by atoms with Gasteiger partial charge in [-0.25, -0.2) is 14.4 Å². The van der Waals surface area contributed by atoms with Crippen LogP contribution in [0.3, 0.4) is 0 Å². The van der Waals surface area contributed by atoms with Crippen LogP contribution in [0.15, 0.2) is 42.7 Å². The molecule has 0 aliphatic carbocycles. The molecule has 3 aromatic rings. The summed E-state index contributed by atoms with van der Waals surface area (Å²) in [5, 5.41) is 2.36. The maximum absolute atomic E-state index is 15.0. The zero-order valence-corrected chi connectivity index (χ0v) is 23.5. The number of anilines is 1. The predicted molar refractivity (Wildman–Crippen MR) is 147 cm³/mol. The molecule has 0 aliphatic heterocycles. The molecule has 0 radical (unpaired) electrons. The summed E-state index contributed by atoms with van der Waals surface area (Å²) in [5.41, 5.74) is -0.225.